The predicted molar refractivity (Wildman–Crippen MR) is 202 cm³/mol. The molecule has 1 aromatic heterocycles. The van der Waals surface area contributed by atoms with E-state index in [2.05, 4.69) is 16.0 Å². The van der Waals surface area contributed by atoms with Gasteiger partial charge in [-0.3, -0.25) is 24.0 Å². The fraction of sp³-hybridized carbons (Fsp3) is 0.425. The van der Waals surface area contributed by atoms with Crippen LogP contribution in [0.25, 0.3) is 11.3 Å². The average Bonchev–Trinajstić information content (AvgIpc) is 3.67. The second-order valence-corrected chi connectivity index (χ2v) is 13.3. The van der Waals surface area contributed by atoms with E-state index in [0.717, 1.165) is 24.0 Å². The lowest BCUT2D eigenvalue weighted by Gasteiger charge is -2.32. The minimum Gasteiger partial charge on any atom is -0.493 e. The zero-order valence-electron chi connectivity index (χ0n) is 32.5. The molecule has 0 bridgehead atoms. The molecule has 0 fully saturated rings. The van der Waals surface area contributed by atoms with Crippen LogP contribution in [0.15, 0.2) is 52.9 Å². The third kappa shape index (κ3) is 12.6. The fourth-order valence-corrected chi connectivity index (χ4v) is 6.06. The number of hydrogen-bond donors (Lipinski definition) is 5. The lowest BCUT2D eigenvalue weighted by molar-refractivity contribution is -0.171. The number of hydrogen-bond acceptors (Lipinski definition) is 10. The molecule has 1 heterocycles. The molecule has 16 nitrogen and oxygen atoms in total. The summed E-state index contributed by atoms with van der Waals surface area (Å²) in [5.74, 6) is -7.31. The van der Waals surface area contributed by atoms with Gasteiger partial charge in [-0.15, -0.1) is 0 Å². The second-order valence-electron chi connectivity index (χ2n) is 13.3. The van der Waals surface area contributed by atoms with Crippen molar-refractivity contribution in [2.24, 2.45) is 5.92 Å². The van der Waals surface area contributed by atoms with E-state index in [1.807, 2.05) is 6.92 Å². The van der Waals surface area contributed by atoms with Crippen molar-refractivity contribution in [3.05, 3.63) is 76.8 Å². The van der Waals surface area contributed by atoms with E-state index in [-0.39, 0.29) is 54.0 Å². The fourth-order valence-electron chi connectivity index (χ4n) is 6.06. The number of hydroxylamine groups is 2. The van der Waals surface area contributed by atoms with E-state index in [9.17, 15) is 43.1 Å². The van der Waals surface area contributed by atoms with Crippen LogP contribution in [-0.4, -0.2) is 82.7 Å². The van der Waals surface area contributed by atoms with Crippen LogP contribution in [0.2, 0.25) is 0 Å². The van der Waals surface area contributed by atoms with Crippen molar-refractivity contribution >= 4 is 42.0 Å². The molecule has 2 aromatic carbocycles. The molecule has 0 aliphatic rings. The number of amides is 4. The van der Waals surface area contributed by atoms with Crippen LogP contribution in [0.4, 0.5) is 4.39 Å². The molecule has 0 saturated carbocycles. The number of nitrogens with one attached hydrogen (secondary N) is 3. The van der Waals surface area contributed by atoms with Gasteiger partial charge >= 0.3 is 17.9 Å². The Bertz CT molecular complexity index is 1910. The van der Waals surface area contributed by atoms with Gasteiger partial charge in [0.05, 0.1) is 42.8 Å². The summed E-state index contributed by atoms with van der Waals surface area (Å²) in [6, 6.07) is 8.23. The first-order valence-electron chi connectivity index (χ1n) is 18.6. The van der Waals surface area contributed by atoms with E-state index in [0.29, 0.717) is 30.4 Å². The highest BCUT2D eigenvalue weighted by atomic mass is 19.1. The SMILES string of the molecule is CCCCC[C@@H](C(=O)NCNC(=O)c1ccc(-c2ccc(C(=O)N[C@@H](CC(=O)O)C(=O)O)c(OCC)c2)o1)[C@@H](CC)N(C=O)OC(=O)c1ccc(F)cc1C(C)C. The summed E-state index contributed by atoms with van der Waals surface area (Å²) >= 11 is 0. The Morgan fingerprint density at radius 2 is 1.63 bits per heavy atom. The summed E-state index contributed by atoms with van der Waals surface area (Å²) in [5.41, 5.74) is 0.822. The van der Waals surface area contributed by atoms with Crippen LogP contribution in [0.1, 0.15) is 116 Å². The Hall–Kier alpha value is -6.26. The van der Waals surface area contributed by atoms with Crippen LogP contribution in [0, 0.1) is 11.7 Å². The molecule has 17 heteroatoms. The van der Waals surface area contributed by atoms with Gasteiger partial charge in [-0.2, -0.15) is 5.06 Å². The molecule has 57 heavy (non-hydrogen) atoms. The van der Waals surface area contributed by atoms with E-state index in [1.165, 1.54) is 42.5 Å². The van der Waals surface area contributed by atoms with Gasteiger partial charge in [-0.05, 0) is 73.7 Å². The maximum Gasteiger partial charge on any atom is 0.363 e. The summed E-state index contributed by atoms with van der Waals surface area (Å²) in [5, 5.41) is 26.5. The molecule has 0 aliphatic heterocycles. The van der Waals surface area contributed by atoms with Crippen molar-refractivity contribution in [1.29, 1.82) is 0 Å². The number of ether oxygens (including phenoxy) is 1. The zero-order chi connectivity index (χ0) is 42.2. The lowest BCUT2D eigenvalue weighted by Crippen LogP contribution is -2.49. The molecular formula is C40H49FN4O12. The Balaban J connectivity index is 1.72. The minimum atomic E-state index is -1.68. The van der Waals surface area contributed by atoms with E-state index in [4.69, 9.17) is 19.1 Å². The normalized spacial score (nSPS) is 12.5. The van der Waals surface area contributed by atoms with Crippen molar-refractivity contribution in [1.82, 2.24) is 21.0 Å². The summed E-state index contributed by atoms with van der Waals surface area (Å²) in [6.45, 7) is 8.77. The van der Waals surface area contributed by atoms with Gasteiger partial charge < -0.3 is 40.2 Å². The van der Waals surface area contributed by atoms with Crippen molar-refractivity contribution in [3.8, 4) is 17.1 Å². The van der Waals surface area contributed by atoms with Crippen LogP contribution in [-0.2, 0) is 24.0 Å². The number of carbonyl (C=O) groups is 7. The van der Waals surface area contributed by atoms with Crippen LogP contribution >= 0.6 is 0 Å². The van der Waals surface area contributed by atoms with Gasteiger partial charge in [0, 0.05) is 5.56 Å². The summed E-state index contributed by atoms with van der Waals surface area (Å²) in [4.78, 5) is 93.0. The third-order valence-electron chi connectivity index (χ3n) is 8.95. The number of carboxylic acids is 2. The van der Waals surface area contributed by atoms with Crippen LogP contribution < -0.4 is 20.7 Å². The summed E-state index contributed by atoms with van der Waals surface area (Å²) in [6.07, 6.45) is 2.36. The number of nitrogens with zero attached hydrogens (tertiary/aromatic N) is 1. The molecule has 0 radical (unpaired) electrons. The maximum atomic E-state index is 14.0. The van der Waals surface area contributed by atoms with Crippen molar-refractivity contribution in [2.75, 3.05) is 13.3 Å². The molecule has 0 aliphatic carbocycles. The molecule has 3 rings (SSSR count). The maximum absolute atomic E-state index is 14.0. The molecule has 308 valence electrons. The van der Waals surface area contributed by atoms with Gasteiger partial charge in [0.1, 0.15) is 23.4 Å². The average molecular weight is 797 g/mol. The number of unbranched alkanes of at least 4 members (excludes halogenated alkanes) is 2. The van der Waals surface area contributed by atoms with Gasteiger partial charge in [0.15, 0.2) is 5.76 Å². The summed E-state index contributed by atoms with van der Waals surface area (Å²) < 4.78 is 25.3. The van der Waals surface area contributed by atoms with Crippen molar-refractivity contribution < 1.29 is 62.2 Å². The number of carbonyl (C=O) groups excluding carboxylic acids is 5. The van der Waals surface area contributed by atoms with E-state index >= 15 is 0 Å². The molecule has 0 saturated heterocycles. The third-order valence-corrected chi connectivity index (χ3v) is 8.95. The zero-order valence-corrected chi connectivity index (χ0v) is 32.5. The van der Waals surface area contributed by atoms with E-state index < -0.39 is 65.9 Å². The minimum absolute atomic E-state index is 0.0506. The van der Waals surface area contributed by atoms with Crippen LogP contribution in [0.3, 0.4) is 0 Å². The Morgan fingerprint density at radius 1 is 0.912 bits per heavy atom. The van der Waals surface area contributed by atoms with Gasteiger partial charge in [-0.1, -0.05) is 53.0 Å². The first kappa shape index (κ1) is 45.1. The van der Waals surface area contributed by atoms with E-state index in [1.54, 1.807) is 27.7 Å². The quantitative estimate of drug-likeness (QED) is 0.0358. The first-order chi connectivity index (χ1) is 27.1. The van der Waals surface area contributed by atoms with Crippen molar-refractivity contribution in [2.45, 2.75) is 91.1 Å². The number of benzene rings is 2. The monoisotopic (exact) mass is 796 g/mol. The largest absolute Gasteiger partial charge is 0.493 e. The highest BCUT2D eigenvalue weighted by Gasteiger charge is 2.34. The molecular weight excluding hydrogens is 747 g/mol. The number of aliphatic carboxylic acids is 2. The lowest BCUT2D eigenvalue weighted by atomic mass is 9.90. The van der Waals surface area contributed by atoms with Gasteiger partial charge in [-0.25, -0.2) is 14.0 Å². The predicted octanol–water partition coefficient (Wildman–Crippen LogP) is 5.27. The Labute approximate surface area is 329 Å². The molecule has 3 atom stereocenters. The number of rotatable bonds is 23. The number of halogens is 1. The Kier molecular flexibility index (Phi) is 17.2. The smallest absolute Gasteiger partial charge is 0.363 e. The standard InChI is InChI=1S/C40H49FN4O12/c1-6-9-10-11-27(31(7-2)45(22-46)57-40(54)26-15-13-25(41)19-29(26)23(4)5)36(49)42-21-43-38(51)33-17-16-32(56-33)24-12-14-28(34(18-24)55-8-3)37(50)44-30(39(52)53)20-35(47)48/h12-19,22-23,27,30-31H,6-11,20-21H2,1-5H3,(H,42,49)(H,43,51)(H,44,50)(H,47,48)(H,52,53)/t27-,30+,31-/m1/s1. The number of carboxylic acid groups (broad SMARTS) is 2. The van der Waals surface area contributed by atoms with Gasteiger partial charge in [0.2, 0.25) is 12.3 Å². The summed E-state index contributed by atoms with van der Waals surface area (Å²) in [7, 11) is 0. The molecule has 3 aromatic rings. The molecule has 0 unspecified atom stereocenters. The topological polar surface area (TPSA) is 231 Å². The number of furan rings is 1. The molecule has 5 N–H and O–H groups in total. The Morgan fingerprint density at radius 3 is 2.25 bits per heavy atom. The van der Waals surface area contributed by atoms with Crippen LogP contribution in [0.5, 0.6) is 5.75 Å². The highest BCUT2D eigenvalue weighted by molar-refractivity contribution is 6.00. The van der Waals surface area contributed by atoms with Crippen molar-refractivity contribution in [3.63, 3.8) is 0 Å². The first-order valence-corrected chi connectivity index (χ1v) is 18.6. The van der Waals surface area contributed by atoms with Gasteiger partial charge in [0.25, 0.3) is 11.8 Å². The molecule has 4 amide bonds. The molecule has 0 spiro atoms. The second kappa shape index (κ2) is 21.7. The highest BCUT2D eigenvalue weighted by Crippen LogP contribution is 2.30.